The predicted molar refractivity (Wildman–Crippen MR) is 136 cm³/mol. The molecule has 2 aromatic carbocycles. The van der Waals surface area contributed by atoms with E-state index in [1.165, 1.54) is 6.20 Å². The fourth-order valence-electron chi connectivity index (χ4n) is 3.29. The van der Waals surface area contributed by atoms with Gasteiger partial charge in [-0.2, -0.15) is 9.78 Å². The van der Waals surface area contributed by atoms with Crippen LogP contribution in [-0.2, 0) is 4.79 Å². The molecule has 1 atom stereocenters. The van der Waals surface area contributed by atoms with Gasteiger partial charge in [0.1, 0.15) is 11.9 Å². The third-order valence-corrected chi connectivity index (χ3v) is 4.93. The lowest BCUT2D eigenvalue weighted by Gasteiger charge is -2.20. The molecular weight excluding hydrogens is 480 g/mol. The average molecular weight is 507 g/mol. The van der Waals surface area contributed by atoms with Crippen molar-refractivity contribution in [2.45, 2.75) is 13.0 Å². The minimum Gasteiger partial charge on any atom is -0.493 e. The molecule has 13 heteroatoms. The van der Waals surface area contributed by atoms with Gasteiger partial charge in [0.15, 0.2) is 23.1 Å². The minimum absolute atomic E-state index is 0.0231. The van der Waals surface area contributed by atoms with Crippen LogP contribution in [0.5, 0.6) is 11.5 Å². The zero-order chi connectivity index (χ0) is 26.9. The van der Waals surface area contributed by atoms with E-state index in [0.29, 0.717) is 28.7 Å². The van der Waals surface area contributed by atoms with Crippen LogP contribution < -0.4 is 26.2 Å². The Kier molecular flexibility index (Phi) is 8.54. The summed E-state index contributed by atoms with van der Waals surface area (Å²) in [5.74, 6) is 0.897. The lowest BCUT2D eigenvalue weighted by molar-refractivity contribution is -0.134. The summed E-state index contributed by atoms with van der Waals surface area (Å²) in [7, 11) is 3.11. The van der Waals surface area contributed by atoms with Crippen molar-refractivity contribution in [1.82, 2.24) is 25.0 Å². The molecule has 4 rings (SSSR count). The van der Waals surface area contributed by atoms with E-state index in [-0.39, 0.29) is 5.84 Å². The van der Waals surface area contributed by atoms with Gasteiger partial charge in [-0.3, -0.25) is 15.2 Å². The molecule has 1 unspecified atom stereocenters. The molecule has 37 heavy (non-hydrogen) atoms. The molecule has 0 saturated heterocycles. The maximum atomic E-state index is 12.6. The van der Waals surface area contributed by atoms with E-state index in [0.717, 1.165) is 22.9 Å². The molecule has 0 fully saturated rings. The Morgan fingerprint density at radius 3 is 2.38 bits per heavy atom. The first-order valence-electron chi connectivity index (χ1n) is 10.8. The van der Waals surface area contributed by atoms with Crippen LogP contribution >= 0.6 is 0 Å². The zero-order valence-electron chi connectivity index (χ0n) is 20.3. The first-order valence-corrected chi connectivity index (χ1v) is 10.8. The van der Waals surface area contributed by atoms with E-state index in [9.17, 15) is 4.79 Å². The van der Waals surface area contributed by atoms with Gasteiger partial charge >= 0.3 is 5.69 Å². The molecule has 0 aliphatic heterocycles. The highest BCUT2D eigenvalue weighted by Crippen LogP contribution is 2.33. The van der Waals surface area contributed by atoms with Gasteiger partial charge in [0, 0.05) is 24.4 Å². The van der Waals surface area contributed by atoms with E-state index >= 15 is 0 Å². The molecule has 2 aromatic heterocycles. The van der Waals surface area contributed by atoms with Gasteiger partial charge < -0.3 is 25.6 Å². The fraction of sp³-hybridized carbons (Fsp3) is 0.167. The number of aromatic amines is 1. The molecular formula is C24H26N8O5. The average Bonchev–Trinajstić information content (AvgIpc) is 3.28. The second-order valence-electron chi connectivity index (χ2n) is 7.51. The Balaban J connectivity index is 0.000000886. The van der Waals surface area contributed by atoms with Gasteiger partial charge in [0.25, 0.3) is 5.97 Å². The quantitative estimate of drug-likeness (QED) is 0.174. The second-order valence-corrected chi connectivity index (χ2v) is 7.51. The summed E-state index contributed by atoms with van der Waals surface area (Å²) in [6.07, 6.45) is 1.51. The number of carboxylic acids is 1. The topological polar surface area (TPSA) is 194 Å². The van der Waals surface area contributed by atoms with Gasteiger partial charge in [-0.25, -0.2) is 4.79 Å². The van der Waals surface area contributed by atoms with E-state index in [1.54, 1.807) is 62.8 Å². The van der Waals surface area contributed by atoms with Crippen molar-refractivity contribution in [2.75, 3.05) is 19.5 Å². The maximum absolute atomic E-state index is 12.6. The van der Waals surface area contributed by atoms with Crippen LogP contribution in [0.3, 0.4) is 0 Å². The number of methoxy groups -OCH3 is 2. The number of carboxylic acid groups (broad SMARTS) is 1. The number of nitrogens with zero attached hydrogens (tertiary/aromatic N) is 4. The smallest absolute Gasteiger partial charge is 0.349 e. The largest absolute Gasteiger partial charge is 0.493 e. The number of benzene rings is 2. The van der Waals surface area contributed by atoms with Crippen molar-refractivity contribution in [3.63, 3.8) is 0 Å². The van der Waals surface area contributed by atoms with E-state index in [2.05, 4.69) is 25.6 Å². The summed E-state index contributed by atoms with van der Waals surface area (Å²) in [6, 6.07) is 15.2. The normalized spacial score (nSPS) is 11.0. The second kappa shape index (κ2) is 12.0. The molecule has 0 aliphatic rings. The summed E-state index contributed by atoms with van der Waals surface area (Å²) in [6.45, 7) is 1.08. The summed E-state index contributed by atoms with van der Waals surface area (Å²) >= 11 is 0. The van der Waals surface area contributed by atoms with Gasteiger partial charge in [0.05, 0.1) is 14.2 Å². The summed E-state index contributed by atoms with van der Waals surface area (Å²) < 4.78 is 11.9. The molecule has 6 N–H and O–H groups in total. The molecule has 0 spiro atoms. The first-order chi connectivity index (χ1) is 17.7. The van der Waals surface area contributed by atoms with Crippen molar-refractivity contribution in [2.24, 2.45) is 5.73 Å². The molecule has 2 heterocycles. The third kappa shape index (κ3) is 6.69. The van der Waals surface area contributed by atoms with Gasteiger partial charge in [0.2, 0.25) is 0 Å². The Labute approximate surface area is 211 Å². The number of nitrogens with two attached hydrogens (primary N) is 1. The van der Waals surface area contributed by atoms with Crippen LogP contribution in [0.1, 0.15) is 29.9 Å². The molecule has 13 nitrogen and oxygen atoms in total. The summed E-state index contributed by atoms with van der Waals surface area (Å²) in [5, 5.41) is 30.6. The number of aromatic nitrogens is 5. The number of aliphatic carboxylic acids is 1. The van der Waals surface area contributed by atoms with Crippen LogP contribution in [-0.4, -0.2) is 56.1 Å². The summed E-state index contributed by atoms with van der Waals surface area (Å²) in [5.41, 5.74) is 7.20. The van der Waals surface area contributed by atoms with Crippen LogP contribution in [0.2, 0.25) is 0 Å². The number of H-pyrrole nitrogens is 1. The Morgan fingerprint density at radius 1 is 1.14 bits per heavy atom. The van der Waals surface area contributed by atoms with Gasteiger partial charge in [-0.05, 0) is 54.1 Å². The van der Waals surface area contributed by atoms with E-state index in [4.69, 9.17) is 30.5 Å². The Bertz CT molecular complexity index is 1410. The van der Waals surface area contributed by atoms with Crippen molar-refractivity contribution < 1.29 is 19.4 Å². The highest BCUT2D eigenvalue weighted by atomic mass is 16.5. The number of nitrogen functional groups attached to an aromatic ring is 1. The number of amidine groups is 1. The lowest BCUT2D eigenvalue weighted by Crippen LogP contribution is -2.17. The number of carbonyl (C=O) groups is 1. The van der Waals surface area contributed by atoms with Crippen molar-refractivity contribution in [3.8, 4) is 17.3 Å². The first kappa shape index (κ1) is 26.4. The minimum atomic E-state index is -0.833. The lowest BCUT2D eigenvalue weighted by atomic mass is 10.0. The highest BCUT2D eigenvalue weighted by molar-refractivity contribution is 5.95. The predicted octanol–water partition coefficient (Wildman–Crippen LogP) is 1.94. The Hall–Kier alpha value is -5.20. The van der Waals surface area contributed by atoms with Crippen LogP contribution in [0, 0.1) is 5.41 Å². The molecule has 0 saturated carbocycles. The van der Waals surface area contributed by atoms with E-state index < -0.39 is 17.7 Å². The molecule has 0 bridgehead atoms. The number of rotatable bonds is 8. The molecule has 4 aromatic rings. The highest BCUT2D eigenvalue weighted by Gasteiger charge is 2.22. The van der Waals surface area contributed by atoms with Crippen LogP contribution in [0.4, 0.5) is 5.69 Å². The number of hydrogen-bond donors (Lipinski definition) is 5. The molecule has 0 aliphatic carbocycles. The summed E-state index contributed by atoms with van der Waals surface area (Å²) in [4.78, 5) is 24.4. The number of ether oxygens (including phenoxy) is 2. The Morgan fingerprint density at radius 2 is 1.81 bits per heavy atom. The van der Waals surface area contributed by atoms with Gasteiger partial charge in [-0.1, -0.05) is 6.07 Å². The number of nitrogens with one attached hydrogen (secondary N) is 3. The third-order valence-electron chi connectivity index (χ3n) is 4.93. The van der Waals surface area contributed by atoms with E-state index in [1.807, 2.05) is 6.07 Å². The number of anilines is 1. The molecule has 0 radical (unpaired) electrons. The van der Waals surface area contributed by atoms with Crippen molar-refractivity contribution >= 4 is 17.5 Å². The SMILES string of the molecule is CC(=O)O.COc1ccc(C(Nc2ccc(C(=N)N)cc2)c2nn(-c3cccnn3)c(=O)[nH]2)cc1OC. The van der Waals surface area contributed by atoms with Crippen molar-refractivity contribution in [3.05, 3.63) is 88.2 Å². The molecule has 192 valence electrons. The fourth-order valence-corrected chi connectivity index (χ4v) is 3.29. The standard InChI is InChI=1S/C22H22N8O3.C2H4O2/c1-32-16-10-7-14(12-17(16)33-2)19(26-15-8-5-13(6-9-15)20(23)24)21-27-22(31)30(29-21)18-4-3-11-25-28-18;1-2(3)4/h3-12,19,26H,1-2H3,(H3,23,24)(H,27,29,31);1H3,(H,3,4). The van der Waals surface area contributed by atoms with Crippen molar-refractivity contribution in [1.29, 1.82) is 5.41 Å². The monoisotopic (exact) mass is 506 g/mol. The van der Waals surface area contributed by atoms with Crippen LogP contribution in [0.25, 0.3) is 5.82 Å². The number of hydrogen-bond acceptors (Lipinski definition) is 9. The zero-order valence-corrected chi connectivity index (χ0v) is 20.3. The molecule has 0 amide bonds. The maximum Gasteiger partial charge on any atom is 0.349 e. The van der Waals surface area contributed by atoms with Crippen LogP contribution in [0.15, 0.2) is 65.6 Å². The van der Waals surface area contributed by atoms with Gasteiger partial charge in [-0.15, -0.1) is 10.2 Å².